The van der Waals surface area contributed by atoms with Crippen LogP contribution in [-0.4, -0.2) is 22.5 Å². The number of carbonyl (C=O) groups excluding carboxylic acids is 1. The van der Waals surface area contributed by atoms with Gasteiger partial charge >= 0.3 is 12.0 Å². The lowest BCUT2D eigenvalue weighted by molar-refractivity contribution is 0.0718. The summed E-state index contributed by atoms with van der Waals surface area (Å²) in [7, 11) is 0. The summed E-state index contributed by atoms with van der Waals surface area (Å²) in [6.07, 6.45) is 3.74. The number of ether oxygens (including phenoxy) is 2. The van der Waals surface area contributed by atoms with Crippen LogP contribution in [0, 0.1) is 17.5 Å². The molecule has 0 atom stereocenters. The topological polar surface area (TPSA) is 61.3 Å². The zero-order valence-corrected chi connectivity index (χ0v) is 18.5. The Morgan fingerprint density at radius 3 is 2.20 bits per heavy atom. The largest absolute Gasteiger partial charge is 0.488 e. The second-order valence-electron chi connectivity index (χ2n) is 7.09. The molecule has 0 aliphatic carbocycles. The van der Waals surface area contributed by atoms with Gasteiger partial charge in [0.15, 0.2) is 23.2 Å². The van der Waals surface area contributed by atoms with Gasteiger partial charge in [0.25, 0.3) is 0 Å². The van der Waals surface area contributed by atoms with Gasteiger partial charge in [0, 0.05) is 35.5 Å². The SMILES string of the molecule is C=CCC/C(F)=C(\F)c1ccc(-c2cnc(OC(=O)c3cc(F)c(OCC)c(F)c3)nc2)c(F)c1. The van der Waals surface area contributed by atoms with Crippen LogP contribution in [0.15, 0.2) is 61.2 Å². The van der Waals surface area contributed by atoms with Crippen molar-refractivity contribution >= 4 is 11.8 Å². The molecule has 10 heteroatoms. The van der Waals surface area contributed by atoms with Crippen molar-refractivity contribution < 1.29 is 36.2 Å². The molecule has 0 radical (unpaired) electrons. The molecule has 0 spiro atoms. The molecule has 5 nitrogen and oxygen atoms in total. The van der Waals surface area contributed by atoms with Gasteiger partial charge in [0.2, 0.25) is 0 Å². The maximum atomic E-state index is 14.6. The summed E-state index contributed by atoms with van der Waals surface area (Å²) in [4.78, 5) is 19.8. The van der Waals surface area contributed by atoms with Gasteiger partial charge in [0.05, 0.1) is 12.2 Å². The Bertz CT molecular complexity index is 1250. The maximum Gasteiger partial charge on any atom is 0.346 e. The number of benzene rings is 2. The van der Waals surface area contributed by atoms with Gasteiger partial charge in [-0.3, -0.25) is 0 Å². The van der Waals surface area contributed by atoms with E-state index in [0.29, 0.717) is 0 Å². The Balaban J connectivity index is 1.76. The number of hydrogen-bond donors (Lipinski definition) is 0. The molecule has 0 aliphatic rings. The van der Waals surface area contributed by atoms with Crippen molar-refractivity contribution in [3.05, 3.63) is 89.8 Å². The molecule has 35 heavy (non-hydrogen) atoms. The van der Waals surface area contributed by atoms with Crippen molar-refractivity contribution in [1.82, 2.24) is 9.97 Å². The van der Waals surface area contributed by atoms with E-state index in [1.54, 1.807) is 6.92 Å². The Morgan fingerprint density at radius 2 is 1.63 bits per heavy atom. The Morgan fingerprint density at radius 1 is 1.00 bits per heavy atom. The van der Waals surface area contributed by atoms with E-state index in [1.165, 1.54) is 18.2 Å². The highest BCUT2D eigenvalue weighted by atomic mass is 19.2. The van der Waals surface area contributed by atoms with Gasteiger partial charge in [-0.2, -0.15) is 0 Å². The minimum absolute atomic E-state index is 0.0124. The van der Waals surface area contributed by atoms with Crippen molar-refractivity contribution in [3.8, 4) is 22.9 Å². The zero-order chi connectivity index (χ0) is 25.5. The molecule has 0 bridgehead atoms. The second-order valence-corrected chi connectivity index (χ2v) is 7.09. The molecular formula is C25H19F5N2O3. The van der Waals surface area contributed by atoms with Gasteiger partial charge in [-0.1, -0.05) is 18.2 Å². The lowest BCUT2D eigenvalue weighted by atomic mass is 10.0. The van der Waals surface area contributed by atoms with Crippen molar-refractivity contribution in [1.29, 1.82) is 0 Å². The van der Waals surface area contributed by atoms with E-state index < -0.39 is 52.4 Å². The number of halogens is 5. The van der Waals surface area contributed by atoms with E-state index in [-0.39, 0.29) is 36.1 Å². The summed E-state index contributed by atoms with van der Waals surface area (Å²) in [5.41, 5.74) is -0.563. The minimum Gasteiger partial charge on any atom is -0.488 e. The Kier molecular flexibility index (Phi) is 8.30. The Hall–Kier alpha value is -4.08. The highest BCUT2D eigenvalue weighted by molar-refractivity contribution is 5.91. The number of esters is 1. The van der Waals surface area contributed by atoms with Gasteiger partial charge in [-0.15, -0.1) is 6.58 Å². The van der Waals surface area contributed by atoms with E-state index in [0.717, 1.165) is 30.6 Å². The smallest absolute Gasteiger partial charge is 0.346 e. The van der Waals surface area contributed by atoms with Crippen molar-refractivity contribution in [2.75, 3.05) is 6.61 Å². The van der Waals surface area contributed by atoms with Crippen molar-refractivity contribution in [2.24, 2.45) is 0 Å². The van der Waals surface area contributed by atoms with E-state index >= 15 is 0 Å². The number of carbonyl (C=O) groups is 1. The summed E-state index contributed by atoms with van der Waals surface area (Å²) < 4.78 is 80.2. The predicted molar refractivity (Wildman–Crippen MR) is 118 cm³/mol. The average Bonchev–Trinajstić information content (AvgIpc) is 2.84. The van der Waals surface area contributed by atoms with E-state index in [2.05, 4.69) is 16.5 Å². The van der Waals surface area contributed by atoms with Crippen LogP contribution < -0.4 is 9.47 Å². The summed E-state index contributed by atoms with van der Waals surface area (Å²) >= 11 is 0. The molecule has 0 N–H and O–H groups in total. The second kappa shape index (κ2) is 11.4. The molecular weight excluding hydrogens is 471 g/mol. The van der Waals surface area contributed by atoms with Gasteiger partial charge < -0.3 is 9.47 Å². The number of nitrogens with zero attached hydrogens (tertiary/aromatic N) is 2. The molecule has 0 fully saturated rings. The van der Waals surface area contributed by atoms with Gasteiger partial charge in [-0.25, -0.2) is 36.7 Å². The third kappa shape index (κ3) is 6.08. The molecule has 2 aromatic carbocycles. The zero-order valence-electron chi connectivity index (χ0n) is 18.5. The van der Waals surface area contributed by atoms with Gasteiger partial charge in [-0.05, 0) is 31.5 Å². The quantitative estimate of drug-likeness (QED) is 0.189. The summed E-state index contributed by atoms with van der Waals surface area (Å²) in [6.45, 7) is 5.00. The number of rotatable bonds is 9. The van der Waals surface area contributed by atoms with Crippen molar-refractivity contribution in [2.45, 2.75) is 19.8 Å². The van der Waals surface area contributed by atoms with Crippen molar-refractivity contribution in [3.63, 3.8) is 0 Å². The van der Waals surface area contributed by atoms with Crippen LogP contribution in [0.4, 0.5) is 22.0 Å². The van der Waals surface area contributed by atoms with Crippen LogP contribution in [0.25, 0.3) is 17.0 Å². The fraction of sp³-hybridized carbons (Fsp3) is 0.160. The first-order chi connectivity index (χ1) is 16.7. The molecule has 0 aliphatic heterocycles. The normalized spacial score (nSPS) is 11.6. The predicted octanol–water partition coefficient (Wildman–Crippen LogP) is 6.75. The van der Waals surface area contributed by atoms with Crippen LogP contribution in [0.5, 0.6) is 11.8 Å². The number of hydrogen-bond acceptors (Lipinski definition) is 5. The standard InChI is InChI=1S/C25H19F5N2O3/c1-3-5-6-18(26)22(30)14-7-8-17(19(27)9-14)16-12-31-25(32-13-16)35-24(33)15-10-20(28)23(34-4-2)21(29)11-15/h3,7-13H,1,4-6H2,2H3/b22-18+. The van der Waals surface area contributed by atoms with Crippen LogP contribution in [0.1, 0.15) is 35.7 Å². The molecule has 0 saturated heterocycles. The van der Waals surface area contributed by atoms with Crippen LogP contribution >= 0.6 is 0 Å². The average molecular weight is 490 g/mol. The van der Waals surface area contributed by atoms with Crippen LogP contribution in [-0.2, 0) is 0 Å². The van der Waals surface area contributed by atoms with E-state index in [9.17, 15) is 26.7 Å². The van der Waals surface area contributed by atoms with Gasteiger partial charge in [0.1, 0.15) is 11.6 Å². The highest BCUT2D eigenvalue weighted by Gasteiger charge is 2.19. The number of allylic oxidation sites excluding steroid dienone is 2. The lowest BCUT2D eigenvalue weighted by Crippen LogP contribution is -2.12. The maximum absolute atomic E-state index is 14.6. The highest BCUT2D eigenvalue weighted by Crippen LogP contribution is 2.29. The third-order valence-electron chi connectivity index (χ3n) is 4.67. The summed E-state index contributed by atoms with van der Waals surface area (Å²) in [5.74, 6) is -6.95. The number of aromatic nitrogens is 2. The molecule has 1 aromatic heterocycles. The minimum atomic E-state index is -1.17. The summed E-state index contributed by atoms with van der Waals surface area (Å²) in [6, 6.07) is 4.29. The Labute approximate surface area is 197 Å². The molecule has 1 heterocycles. The molecule has 0 amide bonds. The molecule has 182 valence electrons. The van der Waals surface area contributed by atoms with Crippen LogP contribution in [0.3, 0.4) is 0 Å². The van der Waals surface area contributed by atoms with E-state index in [1.807, 2.05) is 0 Å². The molecule has 3 aromatic rings. The third-order valence-corrected chi connectivity index (χ3v) is 4.67. The first kappa shape index (κ1) is 25.5. The molecule has 3 rings (SSSR count). The molecule has 0 saturated carbocycles. The monoisotopic (exact) mass is 490 g/mol. The lowest BCUT2D eigenvalue weighted by Gasteiger charge is -2.09. The van der Waals surface area contributed by atoms with Crippen LogP contribution in [0.2, 0.25) is 0 Å². The first-order valence-corrected chi connectivity index (χ1v) is 10.4. The van der Waals surface area contributed by atoms with E-state index in [4.69, 9.17) is 9.47 Å². The molecule has 0 unspecified atom stereocenters. The fourth-order valence-electron chi connectivity index (χ4n) is 2.99. The summed E-state index contributed by atoms with van der Waals surface area (Å²) in [5, 5.41) is 0. The fourth-order valence-corrected chi connectivity index (χ4v) is 2.99. The first-order valence-electron chi connectivity index (χ1n) is 10.4.